The highest BCUT2D eigenvalue weighted by molar-refractivity contribution is 6.08. The zero-order valence-corrected chi connectivity index (χ0v) is 20.1. The first-order valence-electron chi connectivity index (χ1n) is 12.2. The molecule has 7 nitrogen and oxygen atoms in total. The van der Waals surface area contributed by atoms with Gasteiger partial charge < -0.3 is 14.5 Å². The van der Waals surface area contributed by atoms with E-state index in [2.05, 4.69) is 0 Å². The van der Waals surface area contributed by atoms with E-state index >= 15 is 0 Å². The number of rotatable bonds is 3. The zero-order chi connectivity index (χ0) is 24.9. The minimum Gasteiger partial charge on any atom is -0.445 e. The van der Waals surface area contributed by atoms with Gasteiger partial charge in [0, 0.05) is 24.8 Å². The van der Waals surface area contributed by atoms with E-state index in [1.54, 1.807) is 21.7 Å². The van der Waals surface area contributed by atoms with Crippen LogP contribution < -0.4 is 4.90 Å². The van der Waals surface area contributed by atoms with Crippen LogP contribution in [0, 0.1) is 0 Å². The number of amides is 3. The van der Waals surface area contributed by atoms with Gasteiger partial charge in [-0.25, -0.2) is 4.79 Å². The van der Waals surface area contributed by atoms with Gasteiger partial charge >= 0.3 is 6.09 Å². The third-order valence-corrected chi connectivity index (χ3v) is 7.92. The first kappa shape index (κ1) is 22.3. The molecular formula is C29H27N3O4. The number of ether oxygens (including phenoxy) is 1. The molecule has 0 bridgehead atoms. The van der Waals surface area contributed by atoms with Crippen molar-refractivity contribution in [2.45, 2.75) is 30.5 Å². The van der Waals surface area contributed by atoms with Crippen LogP contribution in [0.25, 0.3) is 0 Å². The molecule has 2 atom stereocenters. The largest absolute Gasteiger partial charge is 0.445 e. The van der Waals surface area contributed by atoms with Crippen molar-refractivity contribution in [1.82, 2.24) is 9.80 Å². The van der Waals surface area contributed by atoms with E-state index < -0.39 is 17.2 Å². The molecule has 36 heavy (non-hydrogen) atoms. The van der Waals surface area contributed by atoms with Gasteiger partial charge in [0.1, 0.15) is 18.7 Å². The summed E-state index contributed by atoms with van der Waals surface area (Å²) in [5, 5.41) is 0. The van der Waals surface area contributed by atoms with E-state index in [0.717, 1.165) is 22.4 Å². The molecule has 0 radical (unpaired) electrons. The summed E-state index contributed by atoms with van der Waals surface area (Å²) in [4.78, 5) is 45.8. The van der Waals surface area contributed by atoms with E-state index in [9.17, 15) is 14.4 Å². The minimum absolute atomic E-state index is 0.0619. The summed E-state index contributed by atoms with van der Waals surface area (Å²) in [6, 6.07) is 27.0. The monoisotopic (exact) mass is 481 g/mol. The first-order valence-corrected chi connectivity index (χ1v) is 12.2. The minimum atomic E-state index is -1.18. The summed E-state index contributed by atoms with van der Waals surface area (Å²) < 4.78 is 5.75. The Kier molecular flexibility index (Phi) is 5.10. The van der Waals surface area contributed by atoms with Gasteiger partial charge in [0.2, 0.25) is 5.91 Å². The molecule has 3 aliphatic heterocycles. The maximum Gasteiger partial charge on any atom is 0.411 e. The SMILES string of the molecule is CN1C(=O)CN2C(=O)[C@]3(CCCN3C(=O)OCc3ccccc3)[C@]2(c2ccccc2)c2ccccc21. The highest BCUT2D eigenvalue weighted by Gasteiger charge is 2.78. The smallest absolute Gasteiger partial charge is 0.411 e. The van der Waals surface area contributed by atoms with E-state index in [1.807, 2.05) is 84.9 Å². The molecule has 3 aromatic rings. The van der Waals surface area contributed by atoms with Gasteiger partial charge in [0.05, 0.1) is 0 Å². The normalized spacial score (nSPS) is 24.8. The molecule has 0 N–H and O–H groups in total. The van der Waals surface area contributed by atoms with Crippen molar-refractivity contribution in [3.8, 4) is 0 Å². The van der Waals surface area contributed by atoms with Gasteiger partial charge in [0.25, 0.3) is 5.91 Å². The van der Waals surface area contributed by atoms with E-state index in [0.29, 0.717) is 19.4 Å². The summed E-state index contributed by atoms with van der Waals surface area (Å²) in [7, 11) is 1.74. The van der Waals surface area contributed by atoms with E-state index in [4.69, 9.17) is 4.74 Å². The molecule has 0 saturated carbocycles. The summed E-state index contributed by atoms with van der Waals surface area (Å²) in [6.07, 6.45) is 0.644. The Morgan fingerprint density at radius 2 is 1.58 bits per heavy atom. The van der Waals surface area contributed by atoms with Gasteiger partial charge in [-0.05, 0) is 30.0 Å². The molecule has 6 rings (SSSR count). The second-order valence-electron chi connectivity index (χ2n) is 9.59. The molecule has 7 heteroatoms. The number of β-lactam (4-membered cyclic amide) rings is 1. The molecule has 3 aliphatic rings. The van der Waals surface area contributed by atoms with Crippen molar-refractivity contribution >= 4 is 23.6 Å². The number of likely N-dealkylation sites (N-methyl/N-ethyl adjacent to an activating group) is 1. The fraction of sp³-hybridized carbons (Fsp3) is 0.276. The fourth-order valence-electron chi connectivity index (χ4n) is 6.40. The van der Waals surface area contributed by atoms with Crippen LogP contribution in [0.1, 0.15) is 29.5 Å². The third-order valence-electron chi connectivity index (χ3n) is 7.92. The number of carbonyl (C=O) groups excluding carboxylic acids is 3. The number of fused-ring (bicyclic) bond motifs is 4. The lowest BCUT2D eigenvalue weighted by atomic mass is 9.58. The van der Waals surface area contributed by atoms with Crippen LogP contribution in [-0.4, -0.2) is 53.4 Å². The van der Waals surface area contributed by atoms with Gasteiger partial charge in [-0.15, -0.1) is 0 Å². The lowest BCUT2D eigenvalue weighted by Gasteiger charge is -2.65. The first-order chi connectivity index (χ1) is 17.5. The number of anilines is 1. The topological polar surface area (TPSA) is 70.2 Å². The van der Waals surface area contributed by atoms with Crippen molar-refractivity contribution in [2.75, 3.05) is 25.0 Å². The molecular weight excluding hydrogens is 454 g/mol. The molecule has 3 aromatic carbocycles. The lowest BCUT2D eigenvalue weighted by molar-refractivity contribution is -0.188. The van der Waals surface area contributed by atoms with Gasteiger partial charge in [-0.3, -0.25) is 14.5 Å². The standard InChI is InChI=1S/C29H27N3O4/c1-30-24-16-9-8-15-23(24)29(22-13-6-3-7-14-22)28(26(34)32(29)19-25(30)33)17-10-18-31(28)27(35)36-20-21-11-4-2-5-12-21/h2-9,11-16H,10,17-20H2,1H3/t28-,29+/m1/s1. The van der Waals surface area contributed by atoms with Crippen LogP contribution in [-0.2, 0) is 26.5 Å². The van der Waals surface area contributed by atoms with Gasteiger partial charge in [-0.2, -0.15) is 0 Å². The molecule has 0 unspecified atom stereocenters. The molecule has 3 amide bonds. The van der Waals surface area contributed by atoms with Gasteiger partial charge in [-0.1, -0.05) is 78.9 Å². The predicted octanol–water partition coefficient (Wildman–Crippen LogP) is 3.92. The molecule has 1 spiro atoms. The highest BCUT2D eigenvalue weighted by atomic mass is 16.6. The average Bonchev–Trinajstić information content (AvgIpc) is 3.37. The van der Waals surface area contributed by atoms with Crippen LogP contribution >= 0.6 is 0 Å². The summed E-state index contributed by atoms with van der Waals surface area (Å²) in [6.45, 7) is 0.474. The molecule has 182 valence electrons. The van der Waals surface area contributed by atoms with Crippen molar-refractivity contribution < 1.29 is 19.1 Å². The Morgan fingerprint density at radius 1 is 0.917 bits per heavy atom. The number of hydrogen-bond acceptors (Lipinski definition) is 4. The van der Waals surface area contributed by atoms with Crippen molar-refractivity contribution in [2.24, 2.45) is 0 Å². The fourth-order valence-corrected chi connectivity index (χ4v) is 6.40. The van der Waals surface area contributed by atoms with Crippen molar-refractivity contribution in [3.05, 3.63) is 102 Å². The molecule has 3 heterocycles. The number of benzene rings is 3. The number of likely N-dealkylation sites (tertiary alicyclic amines) is 1. The number of hydrogen-bond donors (Lipinski definition) is 0. The van der Waals surface area contributed by atoms with Crippen LogP contribution in [0.3, 0.4) is 0 Å². The highest BCUT2D eigenvalue weighted by Crippen LogP contribution is 2.62. The summed E-state index contributed by atoms with van der Waals surface area (Å²) in [5.74, 6) is -0.376. The third kappa shape index (κ3) is 2.83. The molecule has 0 aliphatic carbocycles. The van der Waals surface area contributed by atoms with Crippen LogP contribution in [0.5, 0.6) is 0 Å². The molecule has 2 fully saturated rings. The quantitative estimate of drug-likeness (QED) is 0.532. The second kappa shape index (κ2) is 8.22. The maximum atomic E-state index is 14.1. The number of carbonyl (C=O) groups is 3. The van der Waals surface area contributed by atoms with Crippen molar-refractivity contribution in [1.29, 1.82) is 0 Å². The van der Waals surface area contributed by atoms with Gasteiger partial charge in [0.15, 0.2) is 5.54 Å². The number of para-hydroxylation sites is 1. The predicted molar refractivity (Wildman–Crippen MR) is 134 cm³/mol. The Bertz CT molecular complexity index is 1340. The second-order valence-corrected chi connectivity index (χ2v) is 9.59. The Morgan fingerprint density at radius 3 is 2.33 bits per heavy atom. The summed E-state index contributed by atoms with van der Waals surface area (Å²) >= 11 is 0. The van der Waals surface area contributed by atoms with Crippen LogP contribution in [0.4, 0.5) is 10.5 Å². The lowest BCUT2D eigenvalue weighted by Crippen LogP contribution is -2.84. The van der Waals surface area contributed by atoms with E-state index in [-0.39, 0.29) is 25.0 Å². The van der Waals surface area contributed by atoms with Crippen LogP contribution in [0.2, 0.25) is 0 Å². The Balaban J connectivity index is 1.52. The number of nitrogens with zero attached hydrogens (tertiary/aromatic N) is 3. The van der Waals surface area contributed by atoms with Crippen molar-refractivity contribution in [3.63, 3.8) is 0 Å². The zero-order valence-electron chi connectivity index (χ0n) is 20.1. The van der Waals surface area contributed by atoms with Crippen LogP contribution in [0.15, 0.2) is 84.9 Å². The average molecular weight is 482 g/mol. The Hall–Kier alpha value is -4.13. The molecule has 2 saturated heterocycles. The Labute approximate surface area is 209 Å². The molecule has 0 aromatic heterocycles. The van der Waals surface area contributed by atoms with E-state index in [1.165, 1.54) is 0 Å². The maximum absolute atomic E-state index is 14.1. The summed E-state index contributed by atoms with van der Waals surface area (Å²) in [5.41, 5.74) is 1.15.